The Hall–Kier alpha value is -2.62. The second-order valence-corrected chi connectivity index (χ2v) is 5.55. The largest absolute Gasteiger partial charge is 0.489 e. The topological polar surface area (TPSA) is 44.2 Å². The minimum atomic E-state index is 0.438. The second kappa shape index (κ2) is 6.65. The van der Waals surface area contributed by atoms with E-state index in [1.807, 2.05) is 24.3 Å². The van der Waals surface area contributed by atoms with Crippen molar-refractivity contribution in [1.82, 2.24) is 9.97 Å². The number of hydrogen-bond donors (Lipinski definition) is 0. The molecule has 0 fully saturated rings. The van der Waals surface area contributed by atoms with E-state index < -0.39 is 0 Å². The highest BCUT2D eigenvalue weighted by Crippen LogP contribution is 2.26. The van der Waals surface area contributed by atoms with Crippen molar-refractivity contribution in [3.8, 4) is 11.6 Å². The van der Waals surface area contributed by atoms with E-state index in [1.165, 1.54) is 17.5 Å². The van der Waals surface area contributed by atoms with Gasteiger partial charge in [0, 0.05) is 0 Å². The molecule has 0 bridgehead atoms. The molecule has 1 heterocycles. The number of nitrogens with zero attached hydrogens (tertiary/aromatic N) is 2. The fourth-order valence-corrected chi connectivity index (χ4v) is 2.52. The zero-order valence-corrected chi connectivity index (χ0v) is 13.7. The Kier molecular flexibility index (Phi) is 4.42. The third kappa shape index (κ3) is 3.26. The zero-order valence-electron chi connectivity index (χ0n) is 13.7. The monoisotopic (exact) mass is 308 g/mol. The van der Waals surface area contributed by atoms with Gasteiger partial charge >= 0.3 is 0 Å². The first-order chi connectivity index (χ1) is 11.2. The third-order valence-electron chi connectivity index (χ3n) is 3.95. The maximum atomic E-state index is 5.91. The van der Waals surface area contributed by atoms with E-state index in [1.54, 1.807) is 0 Å². The summed E-state index contributed by atoms with van der Waals surface area (Å²) in [6.07, 6.45) is 1.52. The summed E-state index contributed by atoms with van der Waals surface area (Å²) in [5.74, 6) is 1.54. The van der Waals surface area contributed by atoms with Gasteiger partial charge in [0.2, 0.25) is 5.88 Å². The molecule has 3 rings (SSSR count). The molecule has 118 valence electrons. The molecule has 0 aliphatic heterocycles. The van der Waals surface area contributed by atoms with Crippen molar-refractivity contribution >= 4 is 10.9 Å². The average Bonchev–Trinajstić information content (AvgIpc) is 2.58. The lowest BCUT2D eigenvalue weighted by Crippen LogP contribution is -2.11. The van der Waals surface area contributed by atoms with Crippen LogP contribution >= 0.6 is 0 Å². The highest BCUT2D eigenvalue weighted by Gasteiger charge is 2.07. The van der Waals surface area contributed by atoms with Crippen LogP contribution in [0.3, 0.4) is 0 Å². The third-order valence-corrected chi connectivity index (χ3v) is 3.95. The number of aromatic nitrogens is 2. The predicted octanol–water partition coefficient (Wildman–Crippen LogP) is 4.01. The van der Waals surface area contributed by atoms with Crippen LogP contribution in [0, 0.1) is 20.8 Å². The maximum Gasteiger partial charge on any atom is 0.224 e. The summed E-state index contributed by atoms with van der Waals surface area (Å²) in [5.41, 5.74) is 4.43. The summed E-state index contributed by atoms with van der Waals surface area (Å²) < 4.78 is 11.7. The molecule has 0 aliphatic carbocycles. The summed E-state index contributed by atoms with van der Waals surface area (Å²) in [5, 5.41) is 0.915. The highest BCUT2D eigenvalue weighted by molar-refractivity contribution is 5.82. The fraction of sp³-hybridized carbons (Fsp3) is 0.263. The molecule has 4 heteroatoms. The Morgan fingerprint density at radius 2 is 1.57 bits per heavy atom. The van der Waals surface area contributed by atoms with Crippen LogP contribution in [-0.2, 0) is 0 Å². The van der Waals surface area contributed by atoms with Crippen LogP contribution in [0.5, 0.6) is 11.6 Å². The fourth-order valence-electron chi connectivity index (χ4n) is 2.52. The number of fused-ring (bicyclic) bond motifs is 1. The molecule has 0 unspecified atom stereocenters. The number of benzene rings is 2. The van der Waals surface area contributed by atoms with Crippen molar-refractivity contribution in [2.45, 2.75) is 20.8 Å². The summed E-state index contributed by atoms with van der Waals surface area (Å²) in [7, 11) is 0. The molecule has 4 nitrogen and oxygen atoms in total. The van der Waals surface area contributed by atoms with Gasteiger partial charge in [0.15, 0.2) is 0 Å². The van der Waals surface area contributed by atoms with Crippen LogP contribution < -0.4 is 9.47 Å². The van der Waals surface area contributed by atoms with E-state index in [2.05, 4.69) is 42.9 Å². The molecular formula is C19H20N2O2. The number of para-hydroxylation sites is 1. The first kappa shape index (κ1) is 15.3. The molecule has 3 aromatic rings. The van der Waals surface area contributed by atoms with E-state index in [0.29, 0.717) is 19.1 Å². The van der Waals surface area contributed by atoms with Crippen LogP contribution in [0.4, 0.5) is 0 Å². The van der Waals surface area contributed by atoms with E-state index in [4.69, 9.17) is 9.47 Å². The molecule has 2 aromatic carbocycles. The van der Waals surface area contributed by atoms with Gasteiger partial charge in [-0.05, 0) is 49.6 Å². The Balaban J connectivity index is 1.65. The van der Waals surface area contributed by atoms with Crippen molar-refractivity contribution in [2.75, 3.05) is 13.2 Å². The quantitative estimate of drug-likeness (QED) is 0.668. The van der Waals surface area contributed by atoms with Crippen molar-refractivity contribution < 1.29 is 9.47 Å². The second-order valence-electron chi connectivity index (χ2n) is 5.55. The van der Waals surface area contributed by atoms with Gasteiger partial charge in [0.25, 0.3) is 0 Å². The molecule has 0 amide bonds. The van der Waals surface area contributed by atoms with Gasteiger partial charge in [0.05, 0.1) is 10.9 Å². The van der Waals surface area contributed by atoms with Crippen LogP contribution in [0.2, 0.25) is 0 Å². The predicted molar refractivity (Wildman–Crippen MR) is 91.2 cm³/mol. The van der Waals surface area contributed by atoms with Gasteiger partial charge in [-0.15, -0.1) is 0 Å². The van der Waals surface area contributed by atoms with Gasteiger partial charge < -0.3 is 9.47 Å². The van der Waals surface area contributed by atoms with E-state index in [-0.39, 0.29) is 0 Å². The summed E-state index contributed by atoms with van der Waals surface area (Å²) in [6.45, 7) is 7.14. The first-order valence-corrected chi connectivity index (χ1v) is 7.69. The van der Waals surface area contributed by atoms with Crippen LogP contribution in [0.1, 0.15) is 16.7 Å². The highest BCUT2D eigenvalue weighted by atomic mass is 16.5. The van der Waals surface area contributed by atoms with Gasteiger partial charge in [-0.3, -0.25) is 0 Å². The lowest BCUT2D eigenvalue weighted by molar-refractivity contribution is 0.212. The summed E-state index contributed by atoms with van der Waals surface area (Å²) in [4.78, 5) is 8.44. The summed E-state index contributed by atoms with van der Waals surface area (Å²) >= 11 is 0. The minimum Gasteiger partial charge on any atom is -0.489 e. The Labute approximate surface area is 136 Å². The number of aryl methyl sites for hydroxylation is 2. The van der Waals surface area contributed by atoms with Crippen molar-refractivity contribution in [1.29, 1.82) is 0 Å². The molecular weight excluding hydrogens is 288 g/mol. The van der Waals surface area contributed by atoms with Crippen molar-refractivity contribution in [3.05, 3.63) is 59.4 Å². The molecule has 0 atom stereocenters. The molecule has 23 heavy (non-hydrogen) atoms. The molecule has 0 saturated carbocycles. The zero-order chi connectivity index (χ0) is 16.2. The van der Waals surface area contributed by atoms with Gasteiger partial charge in [0.1, 0.15) is 25.3 Å². The van der Waals surface area contributed by atoms with E-state index in [0.717, 1.165) is 22.2 Å². The average molecular weight is 308 g/mol. The normalized spacial score (nSPS) is 10.7. The van der Waals surface area contributed by atoms with Crippen LogP contribution in [0.25, 0.3) is 10.9 Å². The van der Waals surface area contributed by atoms with Crippen molar-refractivity contribution in [3.63, 3.8) is 0 Å². The first-order valence-electron chi connectivity index (χ1n) is 7.69. The molecule has 0 radical (unpaired) electrons. The molecule has 0 aliphatic rings. The molecule has 0 saturated heterocycles. The van der Waals surface area contributed by atoms with E-state index in [9.17, 15) is 0 Å². The Morgan fingerprint density at radius 1 is 0.826 bits per heavy atom. The summed E-state index contributed by atoms with van der Waals surface area (Å²) in [6, 6.07) is 12.0. The Morgan fingerprint density at radius 3 is 2.43 bits per heavy atom. The van der Waals surface area contributed by atoms with Gasteiger partial charge in [-0.25, -0.2) is 9.97 Å². The lowest BCUT2D eigenvalue weighted by atomic mass is 10.1. The lowest BCUT2D eigenvalue weighted by Gasteiger charge is -2.14. The molecule has 1 aromatic heterocycles. The van der Waals surface area contributed by atoms with Crippen molar-refractivity contribution in [2.24, 2.45) is 0 Å². The smallest absolute Gasteiger partial charge is 0.224 e. The standard InChI is InChI=1S/C19H20N2O2/c1-13-8-9-14(2)18(15(13)3)22-10-11-23-19-16-6-4-5-7-17(16)20-12-21-19/h4-9,12H,10-11H2,1-3H3. The number of ether oxygens (including phenoxy) is 2. The SMILES string of the molecule is Cc1ccc(C)c(OCCOc2ncnc3ccccc23)c1C. The van der Waals surface area contributed by atoms with E-state index >= 15 is 0 Å². The van der Waals surface area contributed by atoms with Gasteiger partial charge in [-0.1, -0.05) is 24.3 Å². The van der Waals surface area contributed by atoms with Crippen LogP contribution in [-0.4, -0.2) is 23.2 Å². The molecule has 0 spiro atoms. The number of hydrogen-bond acceptors (Lipinski definition) is 4. The maximum absolute atomic E-state index is 5.91. The minimum absolute atomic E-state index is 0.438. The number of rotatable bonds is 5. The van der Waals surface area contributed by atoms with Gasteiger partial charge in [-0.2, -0.15) is 0 Å². The van der Waals surface area contributed by atoms with Crippen LogP contribution in [0.15, 0.2) is 42.7 Å². The molecule has 0 N–H and O–H groups in total. The Bertz CT molecular complexity index is 825.